The molecule has 1 N–H and O–H groups in total. The Labute approximate surface area is 164 Å². The summed E-state index contributed by atoms with van der Waals surface area (Å²) in [5, 5.41) is 0. The third-order valence-corrected chi connectivity index (χ3v) is 5.95. The summed E-state index contributed by atoms with van der Waals surface area (Å²) in [4.78, 5) is 14.9. The van der Waals surface area contributed by atoms with Gasteiger partial charge in [0.2, 0.25) is 10.0 Å². The SMILES string of the molecule is C=CCOc1ccc(C(=O)N2CCc3cc(S(=O)(=O)NC)ccc32)cc1OC. The number of anilines is 1. The second-order valence-corrected chi connectivity index (χ2v) is 8.06. The molecule has 1 amide bonds. The molecular formula is C20H22N2O5S. The van der Waals surface area contributed by atoms with Gasteiger partial charge in [0.15, 0.2) is 11.5 Å². The highest BCUT2D eigenvalue weighted by molar-refractivity contribution is 7.89. The highest BCUT2D eigenvalue weighted by Gasteiger charge is 2.27. The van der Waals surface area contributed by atoms with Gasteiger partial charge >= 0.3 is 0 Å². The number of fused-ring (bicyclic) bond motifs is 1. The van der Waals surface area contributed by atoms with E-state index >= 15 is 0 Å². The Balaban J connectivity index is 1.88. The van der Waals surface area contributed by atoms with E-state index in [-0.39, 0.29) is 10.8 Å². The fourth-order valence-electron chi connectivity index (χ4n) is 3.10. The van der Waals surface area contributed by atoms with Crippen LogP contribution in [0.1, 0.15) is 15.9 Å². The predicted molar refractivity (Wildman–Crippen MR) is 107 cm³/mol. The topological polar surface area (TPSA) is 84.9 Å². The number of hydrogen-bond donors (Lipinski definition) is 1. The van der Waals surface area contributed by atoms with Crippen LogP contribution in [0.4, 0.5) is 5.69 Å². The lowest BCUT2D eigenvalue weighted by atomic mass is 10.1. The number of methoxy groups -OCH3 is 1. The van der Waals surface area contributed by atoms with Crippen molar-refractivity contribution in [2.45, 2.75) is 11.3 Å². The molecule has 2 aromatic rings. The van der Waals surface area contributed by atoms with E-state index in [0.717, 1.165) is 5.56 Å². The van der Waals surface area contributed by atoms with Crippen molar-refractivity contribution in [1.82, 2.24) is 4.72 Å². The lowest BCUT2D eigenvalue weighted by Gasteiger charge is -2.19. The number of rotatable bonds is 7. The minimum atomic E-state index is -3.52. The third kappa shape index (κ3) is 3.74. The second-order valence-electron chi connectivity index (χ2n) is 6.17. The first-order chi connectivity index (χ1) is 13.4. The quantitative estimate of drug-likeness (QED) is 0.719. The number of sulfonamides is 1. The Morgan fingerprint density at radius 2 is 2.04 bits per heavy atom. The van der Waals surface area contributed by atoms with E-state index < -0.39 is 10.0 Å². The van der Waals surface area contributed by atoms with Crippen molar-refractivity contribution < 1.29 is 22.7 Å². The summed E-state index contributed by atoms with van der Waals surface area (Å²) in [6, 6.07) is 9.79. The summed E-state index contributed by atoms with van der Waals surface area (Å²) in [5.74, 6) is 0.807. The number of ether oxygens (including phenoxy) is 2. The molecule has 0 atom stereocenters. The molecular weight excluding hydrogens is 380 g/mol. The zero-order valence-electron chi connectivity index (χ0n) is 15.8. The van der Waals surface area contributed by atoms with Crippen LogP contribution in [0.2, 0.25) is 0 Å². The van der Waals surface area contributed by atoms with Gasteiger partial charge in [-0.15, -0.1) is 0 Å². The predicted octanol–water partition coefficient (Wildman–Crippen LogP) is 2.37. The van der Waals surface area contributed by atoms with E-state index in [1.54, 1.807) is 41.3 Å². The molecule has 0 radical (unpaired) electrons. The fraction of sp³-hybridized carbons (Fsp3) is 0.250. The average molecular weight is 402 g/mol. The van der Waals surface area contributed by atoms with Crippen molar-refractivity contribution in [2.75, 3.05) is 32.2 Å². The molecule has 0 bridgehead atoms. The molecule has 1 heterocycles. The van der Waals surface area contributed by atoms with Gasteiger partial charge in [0, 0.05) is 17.8 Å². The number of nitrogens with one attached hydrogen (secondary N) is 1. The fourth-order valence-corrected chi connectivity index (χ4v) is 3.88. The molecule has 0 saturated carbocycles. The normalized spacial score (nSPS) is 13.1. The molecule has 0 aliphatic carbocycles. The first-order valence-electron chi connectivity index (χ1n) is 8.71. The number of carbonyl (C=O) groups is 1. The van der Waals surface area contributed by atoms with E-state index in [1.807, 2.05) is 0 Å². The van der Waals surface area contributed by atoms with Crippen molar-refractivity contribution in [1.29, 1.82) is 0 Å². The lowest BCUT2D eigenvalue weighted by Crippen LogP contribution is -2.28. The highest BCUT2D eigenvalue weighted by atomic mass is 32.2. The van der Waals surface area contributed by atoms with E-state index in [2.05, 4.69) is 11.3 Å². The molecule has 7 nitrogen and oxygen atoms in total. The van der Waals surface area contributed by atoms with Crippen LogP contribution >= 0.6 is 0 Å². The summed E-state index contributed by atoms with van der Waals surface area (Å²) in [7, 11) is -0.640. The first-order valence-corrected chi connectivity index (χ1v) is 10.2. The van der Waals surface area contributed by atoms with Gasteiger partial charge in [-0.3, -0.25) is 4.79 Å². The molecule has 0 unspecified atom stereocenters. The van der Waals surface area contributed by atoms with Crippen LogP contribution in [-0.4, -0.2) is 41.6 Å². The number of hydrogen-bond acceptors (Lipinski definition) is 5. The molecule has 1 aliphatic heterocycles. The molecule has 0 spiro atoms. The van der Waals surface area contributed by atoms with Crippen LogP contribution in [0.5, 0.6) is 11.5 Å². The molecule has 28 heavy (non-hydrogen) atoms. The number of benzene rings is 2. The Kier molecular flexibility index (Phi) is 5.71. The number of amides is 1. The highest BCUT2D eigenvalue weighted by Crippen LogP contribution is 2.33. The number of nitrogens with zero attached hydrogens (tertiary/aromatic N) is 1. The Morgan fingerprint density at radius 3 is 2.71 bits per heavy atom. The number of carbonyl (C=O) groups excluding carboxylic acids is 1. The minimum Gasteiger partial charge on any atom is -0.493 e. The summed E-state index contributed by atoms with van der Waals surface area (Å²) in [6.07, 6.45) is 2.22. The Bertz CT molecular complexity index is 1020. The van der Waals surface area contributed by atoms with Crippen molar-refractivity contribution in [2.24, 2.45) is 0 Å². The van der Waals surface area contributed by atoms with E-state index in [9.17, 15) is 13.2 Å². The van der Waals surface area contributed by atoms with Gasteiger partial charge in [-0.2, -0.15) is 0 Å². The van der Waals surface area contributed by atoms with E-state index in [1.165, 1.54) is 20.2 Å². The standard InChI is InChI=1S/C20H22N2O5S/c1-4-11-27-18-8-5-15(13-19(18)26-3)20(23)22-10-9-14-12-16(6-7-17(14)22)28(24,25)21-2/h4-8,12-13,21H,1,9-11H2,2-3H3. The van der Waals surface area contributed by atoms with Crippen molar-refractivity contribution in [3.8, 4) is 11.5 Å². The first kappa shape index (κ1) is 19.9. The molecule has 0 fully saturated rings. The summed E-state index contributed by atoms with van der Waals surface area (Å²) >= 11 is 0. The zero-order valence-corrected chi connectivity index (χ0v) is 16.6. The molecule has 148 valence electrons. The van der Waals surface area contributed by atoms with Gasteiger partial charge in [0.05, 0.1) is 12.0 Å². The smallest absolute Gasteiger partial charge is 0.258 e. The summed E-state index contributed by atoms with van der Waals surface area (Å²) < 4.78 is 37.1. The van der Waals surface area contributed by atoms with Crippen LogP contribution in [0.25, 0.3) is 0 Å². The van der Waals surface area contributed by atoms with Gasteiger partial charge < -0.3 is 14.4 Å². The summed E-state index contributed by atoms with van der Waals surface area (Å²) in [6.45, 7) is 4.42. The monoisotopic (exact) mass is 402 g/mol. The van der Waals surface area contributed by atoms with Gasteiger partial charge in [-0.25, -0.2) is 13.1 Å². The Morgan fingerprint density at radius 1 is 1.25 bits per heavy atom. The van der Waals surface area contributed by atoms with Crippen LogP contribution in [-0.2, 0) is 16.4 Å². The average Bonchev–Trinajstić information content (AvgIpc) is 3.14. The van der Waals surface area contributed by atoms with E-state index in [0.29, 0.717) is 42.3 Å². The minimum absolute atomic E-state index is 0.184. The van der Waals surface area contributed by atoms with Gasteiger partial charge in [0.25, 0.3) is 5.91 Å². The molecule has 0 saturated heterocycles. The second kappa shape index (κ2) is 8.04. The molecule has 3 rings (SSSR count). The summed E-state index contributed by atoms with van der Waals surface area (Å²) in [5.41, 5.74) is 2.00. The Hall–Kier alpha value is -2.84. The zero-order chi connectivity index (χ0) is 20.3. The van der Waals surface area contributed by atoms with Gasteiger partial charge in [-0.05, 0) is 55.4 Å². The van der Waals surface area contributed by atoms with Crippen LogP contribution in [0, 0.1) is 0 Å². The largest absolute Gasteiger partial charge is 0.493 e. The third-order valence-electron chi connectivity index (χ3n) is 4.54. The molecule has 1 aliphatic rings. The van der Waals surface area contributed by atoms with Crippen molar-refractivity contribution >= 4 is 21.6 Å². The lowest BCUT2D eigenvalue weighted by molar-refractivity contribution is 0.0989. The maximum Gasteiger partial charge on any atom is 0.258 e. The maximum absolute atomic E-state index is 13.0. The van der Waals surface area contributed by atoms with Gasteiger partial charge in [0.1, 0.15) is 6.61 Å². The van der Waals surface area contributed by atoms with Crippen LogP contribution < -0.4 is 19.1 Å². The van der Waals surface area contributed by atoms with Crippen molar-refractivity contribution in [3.63, 3.8) is 0 Å². The van der Waals surface area contributed by atoms with Gasteiger partial charge in [-0.1, -0.05) is 12.7 Å². The maximum atomic E-state index is 13.0. The molecule has 2 aromatic carbocycles. The molecule has 8 heteroatoms. The van der Waals surface area contributed by atoms with Crippen LogP contribution in [0.15, 0.2) is 53.9 Å². The van der Waals surface area contributed by atoms with Crippen LogP contribution in [0.3, 0.4) is 0 Å². The van der Waals surface area contributed by atoms with Crippen molar-refractivity contribution in [3.05, 3.63) is 60.2 Å². The van der Waals surface area contributed by atoms with E-state index in [4.69, 9.17) is 9.47 Å². The molecule has 0 aromatic heterocycles.